The SMILES string of the molecule is CCC(CC)(c1ccc(/C=C/C2(O)CCCCC2)c(C)c1)c1ccc(-c2cc(Cl)ccc2CC(=O)O)c(C)c1. The van der Waals surface area contributed by atoms with E-state index < -0.39 is 11.6 Å². The number of hydrogen-bond donors (Lipinski definition) is 2. The minimum absolute atomic E-state index is 0.0426. The van der Waals surface area contributed by atoms with E-state index in [2.05, 4.69) is 70.2 Å². The molecule has 3 aromatic rings. The van der Waals surface area contributed by atoms with E-state index in [1.165, 1.54) is 23.1 Å². The standard InChI is InChI=1S/C35H41ClO3/c1-5-35(6-2,28-12-10-26(24(3)20-28)16-19-34(39)17-8-7-9-18-34)29-13-15-31(25(4)21-29)32-23-30(36)14-11-27(32)22-33(37)38/h10-16,19-21,23,39H,5-9,17-18,22H2,1-4H3,(H,37,38)/b19-16+. The fraction of sp³-hybridized carbons (Fsp3) is 0.400. The van der Waals surface area contributed by atoms with Crippen LogP contribution in [0.3, 0.4) is 0 Å². The zero-order valence-electron chi connectivity index (χ0n) is 23.7. The molecule has 0 spiro atoms. The Morgan fingerprint density at radius 2 is 1.54 bits per heavy atom. The summed E-state index contributed by atoms with van der Waals surface area (Å²) < 4.78 is 0. The highest BCUT2D eigenvalue weighted by Gasteiger charge is 2.32. The fourth-order valence-corrected chi connectivity index (χ4v) is 6.52. The lowest BCUT2D eigenvalue weighted by molar-refractivity contribution is -0.136. The summed E-state index contributed by atoms with van der Waals surface area (Å²) in [5.41, 5.74) is 7.84. The molecule has 0 aromatic heterocycles. The number of aryl methyl sites for hydroxylation is 2. The molecule has 1 aliphatic rings. The Bertz CT molecular complexity index is 1360. The lowest BCUT2D eigenvalue weighted by Crippen LogP contribution is -2.28. The van der Waals surface area contributed by atoms with Crippen molar-refractivity contribution in [3.8, 4) is 11.1 Å². The van der Waals surface area contributed by atoms with Gasteiger partial charge in [-0.3, -0.25) is 4.79 Å². The third-order valence-electron chi connectivity index (χ3n) is 8.80. The van der Waals surface area contributed by atoms with Crippen molar-refractivity contribution in [2.45, 2.75) is 90.1 Å². The van der Waals surface area contributed by atoms with Crippen LogP contribution in [0, 0.1) is 13.8 Å². The van der Waals surface area contributed by atoms with Crippen LogP contribution >= 0.6 is 11.6 Å². The van der Waals surface area contributed by atoms with Crippen molar-refractivity contribution in [2.24, 2.45) is 0 Å². The van der Waals surface area contributed by atoms with Crippen LogP contribution in [0.4, 0.5) is 0 Å². The number of benzene rings is 3. The molecule has 1 saturated carbocycles. The fourth-order valence-electron chi connectivity index (χ4n) is 6.35. The summed E-state index contributed by atoms with van der Waals surface area (Å²) in [4.78, 5) is 11.5. The molecule has 0 heterocycles. The Morgan fingerprint density at radius 3 is 2.13 bits per heavy atom. The zero-order chi connectivity index (χ0) is 28.2. The van der Waals surface area contributed by atoms with Gasteiger partial charge in [-0.1, -0.05) is 99.3 Å². The van der Waals surface area contributed by atoms with Gasteiger partial charge in [0.1, 0.15) is 0 Å². The van der Waals surface area contributed by atoms with E-state index in [1.807, 2.05) is 18.2 Å². The first-order valence-corrected chi connectivity index (χ1v) is 14.6. The molecular weight excluding hydrogens is 504 g/mol. The normalized spacial score (nSPS) is 15.5. The number of halogens is 1. The molecule has 0 unspecified atom stereocenters. The van der Waals surface area contributed by atoms with Gasteiger partial charge in [0.15, 0.2) is 0 Å². The molecule has 0 bridgehead atoms. The van der Waals surface area contributed by atoms with Gasteiger partial charge in [-0.2, -0.15) is 0 Å². The summed E-state index contributed by atoms with van der Waals surface area (Å²) in [5, 5.41) is 20.9. The summed E-state index contributed by atoms with van der Waals surface area (Å²) in [5.74, 6) is -0.856. The Hall–Kier alpha value is -2.88. The minimum atomic E-state index is -0.856. The highest BCUT2D eigenvalue weighted by Crippen LogP contribution is 2.42. The largest absolute Gasteiger partial charge is 0.481 e. The molecule has 39 heavy (non-hydrogen) atoms. The maximum atomic E-state index is 11.5. The first-order valence-electron chi connectivity index (χ1n) is 14.3. The predicted octanol–water partition coefficient (Wildman–Crippen LogP) is 9.07. The van der Waals surface area contributed by atoms with Gasteiger partial charge in [-0.05, 0) is 96.2 Å². The van der Waals surface area contributed by atoms with Gasteiger partial charge in [-0.25, -0.2) is 0 Å². The van der Waals surface area contributed by atoms with Crippen molar-refractivity contribution in [1.29, 1.82) is 0 Å². The molecule has 0 aliphatic heterocycles. The smallest absolute Gasteiger partial charge is 0.307 e. The summed E-state index contributed by atoms with van der Waals surface area (Å²) in [6.45, 7) is 8.74. The molecule has 3 aromatic carbocycles. The van der Waals surface area contributed by atoms with E-state index in [0.717, 1.165) is 66.3 Å². The molecule has 1 aliphatic carbocycles. The second kappa shape index (κ2) is 12.1. The highest BCUT2D eigenvalue weighted by molar-refractivity contribution is 6.30. The van der Waals surface area contributed by atoms with Gasteiger partial charge in [0.2, 0.25) is 0 Å². The average molecular weight is 545 g/mol. The molecule has 4 rings (SSSR count). The Balaban J connectivity index is 1.70. The maximum Gasteiger partial charge on any atom is 0.307 e. The van der Waals surface area contributed by atoms with Crippen molar-refractivity contribution in [3.05, 3.63) is 99.1 Å². The molecule has 0 saturated heterocycles. The number of carbonyl (C=O) groups is 1. The lowest BCUT2D eigenvalue weighted by atomic mass is 9.69. The quantitative estimate of drug-likeness (QED) is 0.282. The molecule has 3 nitrogen and oxygen atoms in total. The topological polar surface area (TPSA) is 57.5 Å². The van der Waals surface area contributed by atoms with Gasteiger partial charge >= 0.3 is 5.97 Å². The van der Waals surface area contributed by atoms with E-state index in [-0.39, 0.29) is 11.8 Å². The highest BCUT2D eigenvalue weighted by atomic mass is 35.5. The van der Waals surface area contributed by atoms with Crippen molar-refractivity contribution < 1.29 is 15.0 Å². The molecule has 0 amide bonds. The summed E-state index contributed by atoms with van der Waals surface area (Å²) in [7, 11) is 0. The molecular formula is C35H41ClO3. The third kappa shape index (κ3) is 6.31. The minimum Gasteiger partial charge on any atom is -0.481 e. The first kappa shape index (κ1) is 29.1. The number of carboxylic acids is 1. The molecule has 0 radical (unpaired) electrons. The average Bonchev–Trinajstić information content (AvgIpc) is 2.91. The Labute approximate surface area is 238 Å². The Morgan fingerprint density at radius 1 is 0.897 bits per heavy atom. The van der Waals surface area contributed by atoms with Crippen LogP contribution in [0.15, 0.2) is 60.7 Å². The van der Waals surface area contributed by atoms with Crippen LogP contribution in [-0.2, 0) is 16.6 Å². The van der Waals surface area contributed by atoms with Gasteiger partial charge < -0.3 is 10.2 Å². The van der Waals surface area contributed by atoms with Crippen LogP contribution < -0.4 is 0 Å². The van der Waals surface area contributed by atoms with Crippen LogP contribution in [0.25, 0.3) is 17.2 Å². The van der Waals surface area contributed by atoms with Gasteiger partial charge in [0.05, 0.1) is 12.0 Å². The van der Waals surface area contributed by atoms with E-state index in [1.54, 1.807) is 6.07 Å². The zero-order valence-corrected chi connectivity index (χ0v) is 24.4. The van der Waals surface area contributed by atoms with Gasteiger partial charge in [0.25, 0.3) is 0 Å². The molecule has 0 atom stereocenters. The molecule has 2 N–H and O–H groups in total. The van der Waals surface area contributed by atoms with Gasteiger partial charge in [-0.15, -0.1) is 0 Å². The van der Waals surface area contributed by atoms with E-state index >= 15 is 0 Å². The van der Waals surface area contributed by atoms with Crippen LogP contribution in [0.1, 0.15) is 92.2 Å². The molecule has 4 heteroatoms. The molecule has 1 fully saturated rings. The van der Waals surface area contributed by atoms with E-state index in [9.17, 15) is 15.0 Å². The van der Waals surface area contributed by atoms with Crippen molar-refractivity contribution in [1.82, 2.24) is 0 Å². The number of carboxylic acid groups (broad SMARTS) is 1. The van der Waals surface area contributed by atoms with Crippen LogP contribution in [0.2, 0.25) is 5.02 Å². The lowest BCUT2D eigenvalue weighted by Gasteiger charge is -2.34. The monoisotopic (exact) mass is 544 g/mol. The first-order chi connectivity index (χ1) is 18.6. The predicted molar refractivity (Wildman–Crippen MR) is 163 cm³/mol. The third-order valence-corrected chi connectivity index (χ3v) is 9.04. The summed E-state index contributed by atoms with van der Waals surface area (Å²) >= 11 is 6.32. The van der Waals surface area contributed by atoms with Crippen LogP contribution in [-0.4, -0.2) is 21.8 Å². The van der Waals surface area contributed by atoms with Gasteiger partial charge in [0, 0.05) is 10.4 Å². The second-order valence-corrected chi connectivity index (χ2v) is 11.7. The number of aliphatic carboxylic acids is 1. The number of aliphatic hydroxyl groups is 1. The molecule has 206 valence electrons. The number of rotatable bonds is 9. The number of hydrogen-bond acceptors (Lipinski definition) is 2. The van der Waals surface area contributed by atoms with E-state index in [0.29, 0.717) is 5.02 Å². The maximum absolute atomic E-state index is 11.5. The van der Waals surface area contributed by atoms with Crippen LogP contribution in [0.5, 0.6) is 0 Å². The second-order valence-electron chi connectivity index (χ2n) is 11.3. The van der Waals surface area contributed by atoms with E-state index in [4.69, 9.17) is 11.6 Å². The van der Waals surface area contributed by atoms with Crippen molar-refractivity contribution in [2.75, 3.05) is 0 Å². The summed E-state index contributed by atoms with van der Waals surface area (Å²) in [6.07, 6.45) is 11.1. The van der Waals surface area contributed by atoms with Crippen molar-refractivity contribution in [3.63, 3.8) is 0 Å². The van der Waals surface area contributed by atoms with Crippen molar-refractivity contribution >= 4 is 23.6 Å². The summed E-state index contributed by atoms with van der Waals surface area (Å²) in [6, 6.07) is 18.8. The Kier molecular flexibility index (Phi) is 9.03.